The van der Waals surface area contributed by atoms with Crippen molar-refractivity contribution in [1.82, 2.24) is 0 Å². The van der Waals surface area contributed by atoms with E-state index >= 15 is 0 Å². The van der Waals surface area contributed by atoms with Crippen LogP contribution in [-0.2, 0) is 4.79 Å². The molecule has 1 aromatic carbocycles. The molecule has 0 heterocycles. The van der Waals surface area contributed by atoms with Gasteiger partial charge in [0.2, 0.25) is 0 Å². The quantitative estimate of drug-likeness (QED) is 0.563. The lowest BCUT2D eigenvalue weighted by atomic mass is 10.2. The molecule has 0 radical (unpaired) electrons. The first-order chi connectivity index (χ1) is 7.17. The predicted molar refractivity (Wildman–Crippen MR) is 59.0 cm³/mol. The van der Waals surface area contributed by atoms with Gasteiger partial charge in [0.15, 0.2) is 0 Å². The topological polar surface area (TPSA) is 35.5 Å². The Morgan fingerprint density at radius 1 is 1.40 bits per heavy atom. The van der Waals surface area contributed by atoms with Crippen LogP contribution in [0.3, 0.4) is 0 Å². The summed E-state index contributed by atoms with van der Waals surface area (Å²) in [5, 5.41) is 0. The molecule has 0 saturated carbocycles. The highest BCUT2D eigenvalue weighted by molar-refractivity contribution is 5.72. The number of carbonyl (C=O) groups is 1. The fourth-order valence-electron chi connectivity index (χ4n) is 1.21. The summed E-state index contributed by atoms with van der Waals surface area (Å²) in [6.07, 6.45) is 3.74. The van der Waals surface area contributed by atoms with Crippen molar-refractivity contribution >= 4 is 12.0 Å². The van der Waals surface area contributed by atoms with Crippen LogP contribution in [0.4, 0.5) is 0 Å². The molecule has 0 N–H and O–H groups in total. The van der Waals surface area contributed by atoms with Gasteiger partial charge in [-0.1, -0.05) is 12.2 Å². The minimum absolute atomic E-state index is 0.328. The lowest BCUT2D eigenvalue weighted by molar-refractivity contribution is -0.131. The van der Waals surface area contributed by atoms with Gasteiger partial charge in [0, 0.05) is 12.5 Å². The SMILES string of the molecule is C/C=C/c1cc(OC)ccc1OC(C)=O. The average Bonchev–Trinajstić information content (AvgIpc) is 2.20. The lowest BCUT2D eigenvalue weighted by Crippen LogP contribution is -2.02. The van der Waals surface area contributed by atoms with Crippen LogP contribution in [0.2, 0.25) is 0 Å². The van der Waals surface area contributed by atoms with Gasteiger partial charge in [0.25, 0.3) is 0 Å². The molecular weight excluding hydrogens is 192 g/mol. The van der Waals surface area contributed by atoms with Gasteiger partial charge in [0.05, 0.1) is 7.11 Å². The van der Waals surface area contributed by atoms with Gasteiger partial charge >= 0.3 is 5.97 Å². The summed E-state index contributed by atoms with van der Waals surface area (Å²) in [5.41, 5.74) is 0.826. The molecule has 1 aromatic rings. The van der Waals surface area contributed by atoms with Gasteiger partial charge < -0.3 is 9.47 Å². The molecule has 0 aliphatic carbocycles. The van der Waals surface area contributed by atoms with Crippen molar-refractivity contribution < 1.29 is 14.3 Å². The van der Waals surface area contributed by atoms with E-state index in [1.807, 2.05) is 25.1 Å². The highest BCUT2D eigenvalue weighted by Crippen LogP contribution is 2.25. The molecule has 0 bridgehead atoms. The van der Waals surface area contributed by atoms with Crippen LogP contribution in [0.1, 0.15) is 19.4 Å². The van der Waals surface area contributed by atoms with Crippen LogP contribution in [-0.4, -0.2) is 13.1 Å². The van der Waals surface area contributed by atoms with Gasteiger partial charge in [-0.15, -0.1) is 0 Å². The Labute approximate surface area is 89.3 Å². The molecule has 0 atom stereocenters. The maximum absolute atomic E-state index is 10.8. The van der Waals surface area contributed by atoms with Crippen LogP contribution in [0, 0.1) is 0 Å². The summed E-state index contributed by atoms with van der Waals surface area (Å²) in [6.45, 7) is 3.28. The third-order valence-corrected chi connectivity index (χ3v) is 1.82. The fraction of sp³-hybridized carbons (Fsp3) is 0.250. The number of ether oxygens (including phenoxy) is 2. The first kappa shape index (κ1) is 11.3. The second kappa shape index (κ2) is 5.20. The number of hydrogen-bond acceptors (Lipinski definition) is 3. The zero-order chi connectivity index (χ0) is 11.3. The summed E-state index contributed by atoms with van der Waals surface area (Å²) < 4.78 is 10.1. The minimum atomic E-state index is -0.328. The molecule has 0 spiro atoms. The Morgan fingerprint density at radius 2 is 2.13 bits per heavy atom. The standard InChI is InChI=1S/C12H14O3/c1-4-5-10-8-11(14-3)6-7-12(10)15-9(2)13/h4-8H,1-3H3/b5-4+. The van der Waals surface area contributed by atoms with E-state index in [1.165, 1.54) is 6.92 Å². The van der Waals surface area contributed by atoms with Gasteiger partial charge in [-0.25, -0.2) is 0 Å². The monoisotopic (exact) mass is 206 g/mol. The second-order valence-electron chi connectivity index (χ2n) is 3.00. The molecule has 15 heavy (non-hydrogen) atoms. The number of rotatable bonds is 3. The Bertz CT molecular complexity index is 380. The fourth-order valence-corrected chi connectivity index (χ4v) is 1.21. The average molecular weight is 206 g/mol. The second-order valence-corrected chi connectivity index (χ2v) is 3.00. The molecule has 3 heteroatoms. The Kier molecular flexibility index (Phi) is 3.92. The molecule has 3 nitrogen and oxygen atoms in total. The molecule has 80 valence electrons. The van der Waals surface area contributed by atoms with Gasteiger partial charge in [-0.2, -0.15) is 0 Å². The number of hydrogen-bond donors (Lipinski definition) is 0. The van der Waals surface area contributed by atoms with Gasteiger partial charge in [-0.05, 0) is 25.1 Å². The maximum Gasteiger partial charge on any atom is 0.308 e. The summed E-state index contributed by atoms with van der Waals surface area (Å²) in [6, 6.07) is 5.29. The summed E-state index contributed by atoms with van der Waals surface area (Å²) in [4.78, 5) is 10.8. The largest absolute Gasteiger partial charge is 0.497 e. The van der Waals surface area contributed by atoms with Crippen LogP contribution in [0.25, 0.3) is 6.08 Å². The van der Waals surface area contributed by atoms with Crippen LogP contribution in [0.15, 0.2) is 24.3 Å². The molecule has 0 aliphatic heterocycles. The Hall–Kier alpha value is -1.77. The van der Waals surface area contributed by atoms with E-state index in [-0.39, 0.29) is 5.97 Å². The summed E-state index contributed by atoms with van der Waals surface area (Å²) in [7, 11) is 1.60. The lowest BCUT2D eigenvalue weighted by Gasteiger charge is -2.07. The molecule has 0 saturated heterocycles. The van der Waals surface area contributed by atoms with E-state index in [9.17, 15) is 4.79 Å². The van der Waals surface area contributed by atoms with Crippen LogP contribution in [0.5, 0.6) is 11.5 Å². The minimum Gasteiger partial charge on any atom is -0.497 e. The molecular formula is C12H14O3. The number of methoxy groups -OCH3 is 1. The Balaban J connectivity index is 3.08. The maximum atomic E-state index is 10.8. The van der Waals surface area contributed by atoms with Crippen molar-refractivity contribution in [2.24, 2.45) is 0 Å². The number of carbonyl (C=O) groups excluding carboxylic acids is 1. The van der Waals surface area contributed by atoms with Gasteiger partial charge in [-0.3, -0.25) is 4.79 Å². The highest BCUT2D eigenvalue weighted by atomic mass is 16.5. The summed E-state index contributed by atoms with van der Waals surface area (Å²) >= 11 is 0. The third-order valence-electron chi connectivity index (χ3n) is 1.82. The zero-order valence-corrected chi connectivity index (χ0v) is 9.11. The van der Waals surface area contributed by atoms with Gasteiger partial charge in [0.1, 0.15) is 11.5 Å². The van der Waals surface area contributed by atoms with E-state index in [4.69, 9.17) is 9.47 Å². The van der Waals surface area contributed by atoms with Crippen LogP contribution < -0.4 is 9.47 Å². The third kappa shape index (κ3) is 3.13. The van der Waals surface area contributed by atoms with Crippen LogP contribution >= 0.6 is 0 Å². The van der Waals surface area contributed by atoms with E-state index in [0.29, 0.717) is 5.75 Å². The predicted octanol–water partition coefficient (Wildman–Crippen LogP) is 2.65. The molecule has 0 aliphatic rings. The Morgan fingerprint density at radius 3 is 2.67 bits per heavy atom. The van der Waals surface area contributed by atoms with E-state index < -0.39 is 0 Å². The molecule has 0 fully saturated rings. The van der Waals surface area contributed by atoms with Crippen molar-refractivity contribution in [3.63, 3.8) is 0 Å². The smallest absolute Gasteiger partial charge is 0.308 e. The van der Waals surface area contributed by atoms with Crippen molar-refractivity contribution in [2.75, 3.05) is 7.11 Å². The number of esters is 1. The van der Waals surface area contributed by atoms with E-state index in [0.717, 1.165) is 11.3 Å². The molecule has 0 aromatic heterocycles. The van der Waals surface area contributed by atoms with Crippen molar-refractivity contribution in [2.45, 2.75) is 13.8 Å². The zero-order valence-electron chi connectivity index (χ0n) is 9.11. The number of benzene rings is 1. The van der Waals surface area contributed by atoms with E-state index in [2.05, 4.69) is 0 Å². The highest BCUT2D eigenvalue weighted by Gasteiger charge is 2.05. The summed E-state index contributed by atoms with van der Waals surface area (Å²) in [5.74, 6) is 0.950. The van der Waals surface area contributed by atoms with Crippen molar-refractivity contribution in [3.05, 3.63) is 29.8 Å². The normalized spacial score (nSPS) is 10.3. The first-order valence-corrected chi connectivity index (χ1v) is 4.66. The molecule has 0 unspecified atom stereocenters. The number of allylic oxidation sites excluding steroid dienone is 1. The van der Waals surface area contributed by atoms with Crippen molar-refractivity contribution in [1.29, 1.82) is 0 Å². The molecule has 1 rings (SSSR count). The first-order valence-electron chi connectivity index (χ1n) is 4.66. The molecule has 0 amide bonds. The van der Waals surface area contributed by atoms with E-state index in [1.54, 1.807) is 19.2 Å². The van der Waals surface area contributed by atoms with Crippen molar-refractivity contribution in [3.8, 4) is 11.5 Å².